The molecular formula is C13H11N7OS. The van der Waals surface area contributed by atoms with E-state index in [0.717, 1.165) is 11.3 Å². The summed E-state index contributed by atoms with van der Waals surface area (Å²) in [6, 6.07) is 6.11. The molecule has 8 nitrogen and oxygen atoms in total. The van der Waals surface area contributed by atoms with Crippen LogP contribution in [-0.2, 0) is 0 Å². The first kappa shape index (κ1) is 12.9. The van der Waals surface area contributed by atoms with Gasteiger partial charge in [-0.1, -0.05) is 17.7 Å². The van der Waals surface area contributed by atoms with E-state index in [1.165, 1.54) is 5.56 Å². The molecule has 0 aliphatic carbocycles. The summed E-state index contributed by atoms with van der Waals surface area (Å²) in [5.74, 6) is 0.530. The van der Waals surface area contributed by atoms with E-state index in [0.29, 0.717) is 27.5 Å². The van der Waals surface area contributed by atoms with E-state index in [4.69, 9.17) is 16.8 Å². The van der Waals surface area contributed by atoms with Crippen LogP contribution in [0.1, 0.15) is 11.1 Å². The van der Waals surface area contributed by atoms with E-state index in [1.807, 2.05) is 26.0 Å². The van der Waals surface area contributed by atoms with E-state index in [1.54, 1.807) is 4.40 Å². The van der Waals surface area contributed by atoms with Gasteiger partial charge in [-0.25, -0.2) is 14.0 Å². The lowest BCUT2D eigenvalue weighted by Crippen LogP contribution is -2.01. The highest BCUT2D eigenvalue weighted by Crippen LogP contribution is 2.24. The molecule has 0 atom stereocenters. The molecule has 0 fully saturated rings. The first-order chi connectivity index (χ1) is 10.6. The first-order valence-corrected chi connectivity index (χ1v) is 6.98. The van der Waals surface area contributed by atoms with E-state index in [9.17, 15) is 0 Å². The molecule has 9 heteroatoms. The Hall–Kier alpha value is -2.81. The lowest BCUT2D eigenvalue weighted by atomic mass is 10.1. The van der Waals surface area contributed by atoms with Gasteiger partial charge < -0.3 is 5.32 Å². The molecule has 0 saturated heterocycles. The third kappa shape index (κ3) is 1.86. The molecule has 3 heterocycles. The van der Waals surface area contributed by atoms with Crippen molar-refractivity contribution in [1.29, 1.82) is 0 Å². The number of nitrogens with zero attached hydrogens (tertiary/aromatic N) is 5. The van der Waals surface area contributed by atoms with Crippen LogP contribution in [0.25, 0.3) is 16.9 Å². The van der Waals surface area contributed by atoms with Crippen LogP contribution in [-0.4, -0.2) is 29.9 Å². The highest BCUT2D eigenvalue weighted by Gasteiger charge is 2.15. The summed E-state index contributed by atoms with van der Waals surface area (Å²) < 4.78 is 6.79. The van der Waals surface area contributed by atoms with Crippen LogP contribution in [0.5, 0.6) is 0 Å². The molecule has 4 aromatic rings. The number of anilines is 2. The van der Waals surface area contributed by atoms with Gasteiger partial charge in [0.1, 0.15) is 0 Å². The van der Waals surface area contributed by atoms with Crippen LogP contribution < -0.4 is 5.32 Å². The first-order valence-electron chi connectivity index (χ1n) is 6.57. The standard InChI is InChI=1S/C13H11N7OS/c1-6-3-4-8(7(2)5-6)14-9-11-16-17-13(22)20(11)12-10(15-9)18-21-19-12/h3-5H,1-2H3,(H,17,22)(H,14,15,18). The number of fused-ring (bicyclic) bond motifs is 3. The largest absolute Gasteiger partial charge is 0.337 e. The number of aromatic amines is 1. The highest BCUT2D eigenvalue weighted by atomic mass is 32.1. The number of hydrogen-bond donors (Lipinski definition) is 2. The lowest BCUT2D eigenvalue weighted by Gasteiger charge is -2.09. The molecular weight excluding hydrogens is 302 g/mol. The van der Waals surface area contributed by atoms with Gasteiger partial charge >= 0.3 is 0 Å². The van der Waals surface area contributed by atoms with Gasteiger partial charge in [-0.15, -0.1) is 0 Å². The highest BCUT2D eigenvalue weighted by molar-refractivity contribution is 7.71. The number of rotatable bonds is 2. The summed E-state index contributed by atoms with van der Waals surface area (Å²) in [7, 11) is 0. The van der Waals surface area contributed by atoms with Crippen molar-refractivity contribution in [2.75, 3.05) is 5.32 Å². The Balaban J connectivity index is 1.95. The quantitative estimate of drug-likeness (QED) is 0.549. The van der Waals surface area contributed by atoms with E-state index >= 15 is 0 Å². The fraction of sp³-hybridized carbons (Fsp3) is 0.154. The monoisotopic (exact) mass is 313 g/mol. The number of benzene rings is 1. The van der Waals surface area contributed by atoms with Gasteiger partial charge in [-0.05, 0) is 48.0 Å². The Morgan fingerprint density at radius 3 is 2.91 bits per heavy atom. The molecule has 0 spiro atoms. The summed E-state index contributed by atoms with van der Waals surface area (Å²) in [5, 5.41) is 17.8. The van der Waals surface area contributed by atoms with Crippen molar-refractivity contribution >= 4 is 40.7 Å². The van der Waals surface area contributed by atoms with Crippen molar-refractivity contribution in [2.24, 2.45) is 0 Å². The average molecular weight is 313 g/mol. The van der Waals surface area contributed by atoms with Crippen LogP contribution in [0.2, 0.25) is 0 Å². The second kappa shape index (κ2) is 4.60. The molecule has 0 saturated carbocycles. The fourth-order valence-electron chi connectivity index (χ4n) is 2.36. The molecule has 3 aromatic heterocycles. The summed E-state index contributed by atoms with van der Waals surface area (Å²) in [4.78, 5) is 4.41. The van der Waals surface area contributed by atoms with Gasteiger partial charge in [-0.2, -0.15) is 5.10 Å². The number of hydrogen-bond acceptors (Lipinski definition) is 7. The Morgan fingerprint density at radius 1 is 1.23 bits per heavy atom. The van der Waals surface area contributed by atoms with Crippen LogP contribution in [0.4, 0.5) is 11.5 Å². The second-order valence-electron chi connectivity index (χ2n) is 5.00. The van der Waals surface area contributed by atoms with Gasteiger partial charge in [0.25, 0.3) is 0 Å². The summed E-state index contributed by atoms with van der Waals surface area (Å²) in [6.45, 7) is 4.08. The van der Waals surface area contributed by atoms with E-state index < -0.39 is 0 Å². The summed E-state index contributed by atoms with van der Waals surface area (Å²) in [6.07, 6.45) is 0. The Bertz CT molecular complexity index is 1060. The SMILES string of the molecule is Cc1ccc(Nc2nc3nonc3n3c(=S)[nH]nc23)c(C)c1. The molecule has 0 amide bonds. The smallest absolute Gasteiger partial charge is 0.244 e. The third-order valence-electron chi connectivity index (χ3n) is 3.40. The molecule has 110 valence electrons. The maximum atomic E-state index is 5.23. The van der Waals surface area contributed by atoms with Gasteiger partial charge in [0.05, 0.1) is 0 Å². The third-order valence-corrected chi connectivity index (χ3v) is 3.68. The van der Waals surface area contributed by atoms with Crippen LogP contribution in [0, 0.1) is 18.6 Å². The minimum absolute atomic E-state index is 0.359. The van der Waals surface area contributed by atoms with Gasteiger partial charge in [0.2, 0.25) is 21.7 Å². The van der Waals surface area contributed by atoms with Crippen molar-refractivity contribution in [3.05, 3.63) is 34.1 Å². The molecule has 0 radical (unpaired) electrons. The molecule has 1 aromatic carbocycles. The molecule has 2 N–H and O–H groups in total. The molecule has 0 aliphatic heterocycles. The number of aryl methyl sites for hydroxylation is 2. The van der Waals surface area contributed by atoms with Crippen LogP contribution in [0.3, 0.4) is 0 Å². The van der Waals surface area contributed by atoms with Crippen LogP contribution in [0.15, 0.2) is 22.8 Å². The number of H-pyrrole nitrogens is 1. The maximum absolute atomic E-state index is 5.23. The Morgan fingerprint density at radius 2 is 2.09 bits per heavy atom. The fourth-order valence-corrected chi connectivity index (χ4v) is 2.58. The van der Waals surface area contributed by atoms with E-state index in [2.05, 4.69) is 36.9 Å². The van der Waals surface area contributed by atoms with Crippen molar-refractivity contribution < 1.29 is 4.63 Å². The normalized spacial score (nSPS) is 11.4. The van der Waals surface area contributed by atoms with Crippen molar-refractivity contribution in [2.45, 2.75) is 13.8 Å². The summed E-state index contributed by atoms with van der Waals surface area (Å²) >= 11 is 5.23. The van der Waals surface area contributed by atoms with Crippen molar-refractivity contribution in [1.82, 2.24) is 29.9 Å². The Labute approximate surface area is 129 Å². The molecule has 0 aliphatic rings. The predicted octanol–water partition coefficient (Wildman–Crippen LogP) is 2.68. The lowest BCUT2D eigenvalue weighted by molar-refractivity contribution is 0.313. The zero-order chi connectivity index (χ0) is 15.3. The molecule has 0 unspecified atom stereocenters. The van der Waals surface area contributed by atoms with Crippen LogP contribution >= 0.6 is 12.2 Å². The minimum Gasteiger partial charge on any atom is -0.337 e. The topological polar surface area (TPSA) is 96.9 Å². The number of aromatic nitrogens is 6. The molecule has 0 bridgehead atoms. The van der Waals surface area contributed by atoms with E-state index in [-0.39, 0.29) is 0 Å². The average Bonchev–Trinajstić information content (AvgIpc) is 3.08. The Kier molecular flexibility index (Phi) is 2.70. The molecule has 4 rings (SSSR count). The predicted molar refractivity (Wildman–Crippen MR) is 82.7 cm³/mol. The van der Waals surface area contributed by atoms with Crippen molar-refractivity contribution in [3.8, 4) is 0 Å². The zero-order valence-electron chi connectivity index (χ0n) is 11.8. The van der Waals surface area contributed by atoms with Gasteiger partial charge in [0.15, 0.2) is 5.82 Å². The zero-order valence-corrected chi connectivity index (χ0v) is 12.6. The number of nitrogens with one attached hydrogen (secondary N) is 2. The second-order valence-corrected chi connectivity index (χ2v) is 5.39. The molecule has 22 heavy (non-hydrogen) atoms. The van der Waals surface area contributed by atoms with Gasteiger partial charge in [-0.3, -0.25) is 5.10 Å². The van der Waals surface area contributed by atoms with Crippen molar-refractivity contribution in [3.63, 3.8) is 0 Å². The van der Waals surface area contributed by atoms with Gasteiger partial charge in [0, 0.05) is 5.69 Å². The summed E-state index contributed by atoms with van der Waals surface area (Å²) in [5.41, 5.74) is 4.56. The minimum atomic E-state index is 0.359. The maximum Gasteiger partial charge on any atom is 0.244 e.